The van der Waals surface area contributed by atoms with Crippen molar-refractivity contribution in [3.05, 3.63) is 29.8 Å². The van der Waals surface area contributed by atoms with Gasteiger partial charge < -0.3 is 14.4 Å². The number of carbonyl (C=O) groups is 1. The van der Waals surface area contributed by atoms with Gasteiger partial charge in [-0.1, -0.05) is 6.07 Å². The highest BCUT2D eigenvalue weighted by atomic mass is 19.3. The fraction of sp³-hybridized carbons (Fsp3) is 0.467. The van der Waals surface area contributed by atoms with Crippen molar-refractivity contribution in [3.63, 3.8) is 0 Å². The van der Waals surface area contributed by atoms with E-state index in [1.165, 1.54) is 20.1 Å². The third-order valence-electron chi connectivity index (χ3n) is 2.86. The van der Waals surface area contributed by atoms with Gasteiger partial charge in [0, 0.05) is 13.7 Å². The number of hydrogen-bond acceptors (Lipinski definition) is 4. The molecular formula is C15H18F2N2O3. The summed E-state index contributed by atoms with van der Waals surface area (Å²) in [5.41, 5.74) is 0.390. The maximum atomic E-state index is 12.5. The lowest BCUT2D eigenvalue weighted by Crippen LogP contribution is -2.44. The van der Waals surface area contributed by atoms with E-state index in [1.807, 2.05) is 6.07 Å². The molecule has 0 fully saturated rings. The van der Waals surface area contributed by atoms with Gasteiger partial charge in [0.2, 0.25) is 0 Å². The number of alkyl halides is 2. The summed E-state index contributed by atoms with van der Waals surface area (Å²) >= 11 is 0. The molecule has 1 aromatic rings. The Hall–Kier alpha value is -2.20. The van der Waals surface area contributed by atoms with E-state index in [1.54, 1.807) is 18.2 Å². The number of methoxy groups -OCH3 is 1. The Balaban J connectivity index is 2.73. The van der Waals surface area contributed by atoms with Crippen LogP contribution in [-0.2, 0) is 9.53 Å². The van der Waals surface area contributed by atoms with Crippen LogP contribution in [0, 0.1) is 11.3 Å². The van der Waals surface area contributed by atoms with E-state index in [0.717, 1.165) is 4.90 Å². The molecule has 0 unspecified atom stereocenters. The van der Waals surface area contributed by atoms with Gasteiger partial charge in [-0.25, -0.2) is 8.78 Å². The maximum Gasteiger partial charge on any atom is 0.263 e. The predicted octanol–water partition coefficient (Wildman–Crippen LogP) is 2.07. The number of amides is 1. The van der Waals surface area contributed by atoms with Gasteiger partial charge in [0.15, 0.2) is 6.10 Å². The number of carbonyl (C=O) groups excluding carboxylic acids is 1. The highest BCUT2D eigenvalue weighted by molar-refractivity contribution is 5.81. The molecule has 0 spiro atoms. The molecule has 0 aromatic heterocycles. The van der Waals surface area contributed by atoms with Gasteiger partial charge in [-0.3, -0.25) is 4.79 Å². The standard InChI is InChI=1S/C15H18F2N2O3/c1-11(22-13-5-3-4-12(8-13)9-18)15(20)19(6-7-21-2)10-14(16)17/h3-5,8,11,14H,6-7,10H2,1-2H3/t11-/m1/s1. The second-order valence-electron chi connectivity index (χ2n) is 4.57. The first-order valence-corrected chi connectivity index (χ1v) is 6.70. The Morgan fingerprint density at radius 2 is 2.18 bits per heavy atom. The lowest BCUT2D eigenvalue weighted by Gasteiger charge is -2.25. The Labute approximate surface area is 128 Å². The summed E-state index contributed by atoms with van der Waals surface area (Å²) in [5.74, 6) is -0.219. The van der Waals surface area contributed by atoms with Crippen molar-refractivity contribution in [1.82, 2.24) is 4.90 Å². The van der Waals surface area contributed by atoms with E-state index >= 15 is 0 Å². The van der Waals surface area contributed by atoms with Crippen LogP contribution in [0.5, 0.6) is 5.75 Å². The summed E-state index contributed by atoms with van der Waals surface area (Å²) in [6, 6.07) is 8.25. The van der Waals surface area contributed by atoms with Gasteiger partial charge in [-0.2, -0.15) is 5.26 Å². The summed E-state index contributed by atoms with van der Waals surface area (Å²) in [5, 5.41) is 8.81. The van der Waals surface area contributed by atoms with Gasteiger partial charge in [-0.05, 0) is 25.1 Å². The minimum absolute atomic E-state index is 0.0611. The van der Waals surface area contributed by atoms with Gasteiger partial charge in [-0.15, -0.1) is 0 Å². The third kappa shape index (κ3) is 5.66. The molecule has 0 saturated carbocycles. The van der Waals surface area contributed by atoms with Crippen LogP contribution < -0.4 is 4.74 Å². The van der Waals surface area contributed by atoms with Crippen LogP contribution >= 0.6 is 0 Å². The Bertz CT molecular complexity index is 532. The third-order valence-corrected chi connectivity index (χ3v) is 2.86. The van der Waals surface area contributed by atoms with Crippen molar-refractivity contribution in [3.8, 4) is 11.8 Å². The van der Waals surface area contributed by atoms with E-state index < -0.39 is 25.0 Å². The largest absolute Gasteiger partial charge is 0.481 e. The molecule has 0 N–H and O–H groups in total. The summed E-state index contributed by atoms with van der Waals surface area (Å²) in [4.78, 5) is 13.2. The summed E-state index contributed by atoms with van der Waals surface area (Å²) < 4.78 is 35.3. The lowest BCUT2D eigenvalue weighted by atomic mass is 10.2. The number of benzene rings is 1. The highest BCUT2D eigenvalue weighted by Crippen LogP contribution is 2.15. The molecule has 22 heavy (non-hydrogen) atoms. The number of halogens is 2. The van der Waals surface area contributed by atoms with Crippen LogP contribution in [-0.4, -0.2) is 50.1 Å². The van der Waals surface area contributed by atoms with Crippen molar-refractivity contribution in [2.75, 3.05) is 26.8 Å². The van der Waals surface area contributed by atoms with Crippen LogP contribution in [0.4, 0.5) is 8.78 Å². The molecule has 0 aliphatic rings. The minimum Gasteiger partial charge on any atom is -0.481 e. The number of nitriles is 1. The molecule has 0 heterocycles. The maximum absolute atomic E-state index is 12.5. The summed E-state index contributed by atoms with van der Waals surface area (Å²) in [7, 11) is 1.43. The molecule has 1 amide bonds. The first-order chi connectivity index (χ1) is 10.5. The highest BCUT2D eigenvalue weighted by Gasteiger charge is 2.24. The first kappa shape index (κ1) is 17.9. The average molecular weight is 312 g/mol. The van der Waals surface area contributed by atoms with E-state index in [2.05, 4.69) is 0 Å². The number of ether oxygens (including phenoxy) is 2. The quantitative estimate of drug-likeness (QED) is 0.737. The fourth-order valence-corrected chi connectivity index (χ4v) is 1.81. The Kier molecular flexibility index (Phi) is 7.26. The van der Waals surface area contributed by atoms with E-state index in [-0.39, 0.29) is 13.2 Å². The van der Waals surface area contributed by atoms with Crippen molar-refractivity contribution in [1.29, 1.82) is 5.26 Å². The van der Waals surface area contributed by atoms with Crippen LogP contribution in [0.15, 0.2) is 24.3 Å². The monoisotopic (exact) mass is 312 g/mol. The van der Waals surface area contributed by atoms with Crippen LogP contribution in [0.25, 0.3) is 0 Å². The second kappa shape index (κ2) is 8.95. The van der Waals surface area contributed by atoms with Crippen molar-refractivity contribution < 1.29 is 23.0 Å². The Morgan fingerprint density at radius 1 is 1.45 bits per heavy atom. The normalized spacial score (nSPS) is 11.8. The number of nitrogens with zero attached hydrogens (tertiary/aromatic N) is 2. The molecule has 0 radical (unpaired) electrons. The topological polar surface area (TPSA) is 62.6 Å². The predicted molar refractivity (Wildman–Crippen MR) is 75.7 cm³/mol. The fourth-order valence-electron chi connectivity index (χ4n) is 1.81. The van der Waals surface area contributed by atoms with Crippen LogP contribution in [0.2, 0.25) is 0 Å². The van der Waals surface area contributed by atoms with Gasteiger partial charge in [0.05, 0.1) is 24.8 Å². The summed E-state index contributed by atoms with van der Waals surface area (Å²) in [6.07, 6.45) is -3.57. The molecule has 0 aliphatic carbocycles. The molecule has 0 aliphatic heterocycles. The lowest BCUT2D eigenvalue weighted by molar-refractivity contribution is -0.140. The molecule has 7 heteroatoms. The molecule has 1 rings (SSSR count). The van der Waals surface area contributed by atoms with Gasteiger partial charge in [0.25, 0.3) is 12.3 Å². The van der Waals surface area contributed by atoms with E-state index in [9.17, 15) is 13.6 Å². The molecule has 0 bridgehead atoms. The van der Waals surface area contributed by atoms with E-state index in [4.69, 9.17) is 14.7 Å². The molecule has 120 valence electrons. The van der Waals surface area contributed by atoms with Crippen LogP contribution in [0.3, 0.4) is 0 Å². The summed E-state index contributed by atoms with van der Waals surface area (Å²) in [6.45, 7) is 1.03. The smallest absolute Gasteiger partial charge is 0.263 e. The van der Waals surface area contributed by atoms with Crippen molar-refractivity contribution >= 4 is 5.91 Å². The molecule has 1 atom stereocenters. The number of rotatable bonds is 8. The SMILES string of the molecule is COCCN(CC(F)F)C(=O)[C@@H](C)Oc1cccc(C#N)c1. The molecule has 5 nitrogen and oxygen atoms in total. The molecule has 0 saturated heterocycles. The molecule has 1 aromatic carbocycles. The van der Waals surface area contributed by atoms with Crippen molar-refractivity contribution in [2.24, 2.45) is 0 Å². The first-order valence-electron chi connectivity index (χ1n) is 6.70. The van der Waals surface area contributed by atoms with Crippen molar-refractivity contribution in [2.45, 2.75) is 19.5 Å². The number of hydrogen-bond donors (Lipinski definition) is 0. The second-order valence-corrected chi connectivity index (χ2v) is 4.57. The minimum atomic E-state index is -2.63. The zero-order valence-corrected chi connectivity index (χ0v) is 12.5. The zero-order valence-electron chi connectivity index (χ0n) is 12.5. The van der Waals surface area contributed by atoms with Crippen LogP contribution in [0.1, 0.15) is 12.5 Å². The zero-order chi connectivity index (χ0) is 16.5. The molecular weight excluding hydrogens is 294 g/mol. The average Bonchev–Trinajstić information content (AvgIpc) is 2.50. The van der Waals surface area contributed by atoms with Gasteiger partial charge >= 0.3 is 0 Å². The van der Waals surface area contributed by atoms with Gasteiger partial charge in [0.1, 0.15) is 5.75 Å². The Morgan fingerprint density at radius 3 is 2.77 bits per heavy atom. The van der Waals surface area contributed by atoms with E-state index in [0.29, 0.717) is 11.3 Å².